The second-order valence-corrected chi connectivity index (χ2v) is 6.35. The molecule has 2 N–H and O–H groups in total. The Bertz CT molecular complexity index is 806. The molecule has 0 amide bonds. The molecule has 0 spiro atoms. The highest BCUT2D eigenvalue weighted by Gasteiger charge is 2.21. The number of aryl methyl sites for hydroxylation is 1. The summed E-state index contributed by atoms with van der Waals surface area (Å²) in [5.41, 5.74) is 9.12. The Morgan fingerprint density at radius 1 is 1.09 bits per heavy atom. The number of halogens is 2. The SMILES string of the molecule is CCn1c(C(CN)Cc2c(Cl)cccc2Cl)nc2ccccc21. The van der Waals surface area contributed by atoms with Crippen LogP contribution in [-0.2, 0) is 13.0 Å². The van der Waals surface area contributed by atoms with E-state index in [4.69, 9.17) is 33.9 Å². The van der Waals surface area contributed by atoms with E-state index in [9.17, 15) is 0 Å². The summed E-state index contributed by atoms with van der Waals surface area (Å²) < 4.78 is 2.22. The topological polar surface area (TPSA) is 43.8 Å². The molecule has 3 aromatic rings. The molecule has 0 saturated heterocycles. The molecule has 0 saturated carbocycles. The number of nitrogens with two attached hydrogens (primary N) is 1. The van der Waals surface area contributed by atoms with Gasteiger partial charge in [0.25, 0.3) is 0 Å². The molecule has 3 rings (SSSR count). The van der Waals surface area contributed by atoms with E-state index in [0.29, 0.717) is 23.0 Å². The Morgan fingerprint density at radius 2 is 1.78 bits per heavy atom. The number of nitrogens with zero attached hydrogens (tertiary/aromatic N) is 2. The Labute approximate surface area is 146 Å². The average Bonchev–Trinajstić information content (AvgIpc) is 2.93. The predicted molar refractivity (Wildman–Crippen MR) is 97.4 cm³/mol. The van der Waals surface area contributed by atoms with Crippen molar-refractivity contribution in [2.45, 2.75) is 25.8 Å². The van der Waals surface area contributed by atoms with Crippen molar-refractivity contribution < 1.29 is 0 Å². The number of hydrogen-bond donors (Lipinski definition) is 1. The van der Waals surface area contributed by atoms with E-state index < -0.39 is 0 Å². The third kappa shape index (κ3) is 3.09. The zero-order chi connectivity index (χ0) is 16.4. The number of hydrogen-bond acceptors (Lipinski definition) is 2. The Balaban J connectivity index is 2.04. The number of aromatic nitrogens is 2. The van der Waals surface area contributed by atoms with Crippen LogP contribution in [0.3, 0.4) is 0 Å². The lowest BCUT2D eigenvalue weighted by atomic mass is 9.98. The van der Waals surface area contributed by atoms with Crippen LogP contribution in [0.1, 0.15) is 24.2 Å². The van der Waals surface area contributed by atoms with Gasteiger partial charge in [0.1, 0.15) is 5.82 Å². The van der Waals surface area contributed by atoms with Crippen molar-refractivity contribution in [2.24, 2.45) is 5.73 Å². The summed E-state index contributed by atoms with van der Waals surface area (Å²) in [6.45, 7) is 3.46. The Hall–Kier alpha value is -1.55. The van der Waals surface area contributed by atoms with Crippen molar-refractivity contribution in [2.75, 3.05) is 6.54 Å². The molecule has 120 valence electrons. The molecule has 0 fully saturated rings. The lowest BCUT2D eigenvalue weighted by Gasteiger charge is -2.18. The minimum Gasteiger partial charge on any atom is -0.330 e. The van der Waals surface area contributed by atoms with Gasteiger partial charge in [-0.05, 0) is 43.2 Å². The summed E-state index contributed by atoms with van der Waals surface area (Å²) in [5, 5.41) is 1.35. The zero-order valence-electron chi connectivity index (χ0n) is 13.0. The van der Waals surface area contributed by atoms with Crippen LogP contribution < -0.4 is 5.73 Å². The lowest BCUT2D eigenvalue weighted by molar-refractivity contribution is 0.598. The molecule has 23 heavy (non-hydrogen) atoms. The minimum absolute atomic E-state index is 0.0692. The highest BCUT2D eigenvalue weighted by molar-refractivity contribution is 6.36. The van der Waals surface area contributed by atoms with Gasteiger partial charge in [-0.2, -0.15) is 0 Å². The maximum Gasteiger partial charge on any atom is 0.114 e. The van der Waals surface area contributed by atoms with Gasteiger partial charge in [-0.15, -0.1) is 0 Å². The van der Waals surface area contributed by atoms with Gasteiger partial charge in [0, 0.05) is 29.1 Å². The van der Waals surface area contributed by atoms with Crippen LogP contribution in [0.2, 0.25) is 10.0 Å². The summed E-state index contributed by atoms with van der Waals surface area (Å²) in [5.74, 6) is 1.06. The molecule has 0 aliphatic carbocycles. The third-order valence-corrected chi connectivity index (χ3v) is 4.87. The van der Waals surface area contributed by atoms with E-state index in [1.807, 2.05) is 36.4 Å². The molecular formula is C18H19Cl2N3. The van der Waals surface area contributed by atoms with Crippen LogP contribution in [-0.4, -0.2) is 16.1 Å². The molecule has 0 aliphatic rings. The number of fused-ring (bicyclic) bond motifs is 1. The van der Waals surface area contributed by atoms with Gasteiger partial charge in [-0.3, -0.25) is 0 Å². The first kappa shape index (κ1) is 16.3. The van der Waals surface area contributed by atoms with Crippen molar-refractivity contribution in [3.05, 3.63) is 63.9 Å². The van der Waals surface area contributed by atoms with Crippen LogP contribution in [0.25, 0.3) is 11.0 Å². The maximum atomic E-state index is 6.32. The number of rotatable bonds is 5. The van der Waals surface area contributed by atoms with Crippen LogP contribution in [0, 0.1) is 0 Å². The van der Waals surface area contributed by atoms with E-state index in [1.54, 1.807) is 0 Å². The second-order valence-electron chi connectivity index (χ2n) is 5.54. The van der Waals surface area contributed by atoms with E-state index in [-0.39, 0.29) is 5.92 Å². The van der Waals surface area contributed by atoms with E-state index in [1.165, 1.54) is 0 Å². The number of imidazole rings is 1. The van der Waals surface area contributed by atoms with Crippen molar-refractivity contribution in [3.8, 4) is 0 Å². The number of benzene rings is 2. The predicted octanol–water partition coefficient (Wildman–Crippen LogP) is 4.65. The quantitative estimate of drug-likeness (QED) is 0.729. The minimum atomic E-state index is 0.0692. The largest absolute Gasteiger partial charge is 0.330 e. The molecule has 1 atom stereocenters. The van der Waals surface area contributed by atoms with Crippen LogP contribution >= 0.6 is 23.2 Å². The fourth-order valence-corrected chi connectivity index (χ4v) is 3.54. The van der Waals surface area contributed by atoms with Gasteiger partial charge >= 0.3 is 0 Å². The molecule has 0 aliphatic heterocycles. The Morgan fingerprint density at radius 3 is 2.43 bits per heavy atom. The van der Waals surface area contributed by atoms with E-state index in [2.05, 4.69) is 17.6 Å². The van der Waals surface area contributed by atoms with Crippen molar-refractivity contribution in [1.29, 1.82) is 0 Å². The monoisotopic (exact) mass is 347 g/mol. The van der Waals surface area contributed by atoms with Gasteiger partial charge in [-0.25, -0.2) is 4.98 Å². The van der Waals surface area contributed by atoms with Gasteiger partial charge in [0.15, 0.2) is 0 Å². The molecule has 1 heterocycles. The van der Waals surface area contributed by atoms with E-state index >= 15 is 0 Å². The highest BCUT2D eigenvalue weighted by atomic mass is 35.5. The first-order valence-electron chi connectivity index (χ1n) is 7.73. The third-order valence-electron chi connectivity index (χ3n) is 4.16. The lowest BCUT2D eigenvalue weighted by Crippen LogP contribution is -2.19. The summed E-state index contributed by atoms with van der Waals surface area (Å²) in [6.07, 6.45) is 0.679. The molecule has 0 bridgehead atoms. The van der Waals surface area contributed by atoms with Crippen molar-refractivity contribution in [1.82, 2.24) is 9.55 Å². The first-order chi connectivity index (χ1) is 11.2. The van der Waals surface area contributed by atoms with E-state index in [0.717, 1.165) is 29.0 Å². The maximum absolute atomic E-state index is 6.32. The molecule has 5 heteroatoms. The van der Waals surface area contributed by atoms with Crippen LogP contribution in [0.5, 0.6) is 0 Å². The Kier molecular flexibility index (Phi) is 4.90. The summed E-state index contributed by atoms with van der Waals surface area (Å²) in [7, 11) is 0. The smallest absolute Gasteiger partial charge is 0.114 e. The second kappa shape index (κ2) is 6.91. The number of para-hydroxylation sites is 2. The summed E-state index contributed by atoms with van der Waals surface area (Å²) in [4.78, 5) is 4.81. The van der Waals surface area contributed by atoms with Crippen molar-refractivity contribution >= 4 is 34.2 Å². The van der Waals surface area contributed by atoms with Gasteiger partial charge in [0.2, 0.25) is 0 Å². The van der Waals surface area contributed by atoms with Gasteiger partial charge < -0.3 is 10.3 Å². The highest BCUT2D eigenvalue weighted by Crippen LogP contribution is 2.31. The van der Waals surface area contributed by atoms with Crippen LogP contribution in [0.4, 0.5) is 0 Å². The molecule has 1 unspecified atom stereocenters. The van der Waals surface area contributed by atoms with Gasteiger partial charge in [-0.1, -0.05) is 41.4 Å². The molecular weight excluding hydrogens is 329 g/mol. The zero-order valence-corrected chi connectivity index (χ0v) is 14.5. The molecule has 2 aromatic carbocycles. The standard InChI is InChI=1S/C18H19Cl2N3/c1-2-23-17-9-4-3-8-16(17)22-18(23)12(11-21)10-13-14(19)6-5-7-15(13)20/h3-9,12H,2,10-11,21H2,1H3. The normalized spacial score (nSPS) is 12.7. The fraction of sp³-hybridized carbons (Fsp3) is 0.278. The average molecular weight is 348 g/mol. The summed E-state index contributed by atoms with van der Waals surface area (Å²) in [6, 6.07) is 13.7. The summed E-state index contributed by atoms with van der Waals surface area (Å²) >= 11 is 12.6. The van der Waals surface area contributed by atoms with Gasteiger partial charge in [0.05, 0.1) is 11.0 Å². The first-order valence-corrected chi connectivity index (χ1v) is 8.49. The molecule has 0 radical (unpaired) electrons. The fourth-order valence-electron chi connectivity index (χ4n) is 2.99. The van der Waals surface area contributed by atoms with Crippen LogP contribution in [0.15, 0.2) is 42.5 Å². The molecule has 1 aromatic heterocycles. The molecule has 3 nitrogen and oxygen atoms in total. The van der Waals surface area contributed by atoms with Crippen molar-refractivity contribution in [3.63, 3.8) is 0 Å².